The minimum atomic E-state index is -0.979. The van der Waals surface area contributed by atoms with E-state index in [-0.39, 0.29) is 5.56 Å². The molecule has 0 unspecified atom stereocenters. The van der Waals surface area contributed by atoms with E-state index in [4.69, 9.17) is 14.2 Å². The Balaban J connectivity index is 2.03. The van der Waals surface area contributed by atoms with E-state index in [1.807, 2.05) is 6.92 Å². The zero-order valence-corrected chi connectivity index (χ0v) is 17.9. The van der Waals surface area contributed by atoms with Crippen LogP contribution in [0.15, 0.2) is 18.2 Å². The number of carbonyl (C=O) groups excluding carboxylic acids is 2. The molecule has 1 amide bonds. The van der Waals surface area contributed by atoms with E-state index in [0.29, 0.717) is 29.5 Å². The van der Waals surface area contributed by atoms with Crippen LogP contribution in [0.25, 0.3) is 0 Å². The Kier molecular flexibility index (Phi) is 7.64. The lowest BCUT2D eigenvalue weighted by Crippen LogP contribution is -2.30. The summed E-state index contributed by atoms with van der Waals surface area (Å²) in [7, 11) is 3.30. The number of nitrogens with one attached hydrogen (secondary N) is 1. The molecule has 1 heterocycles. The largest absolute Gasteiger partial charge is 0.493 e. The predicted molar refractivity (Wildman–Crippen MR) is 110 cm³/mol. The van der Waals surface area contributed by atoms with Crippen LogP contribution in [0.5, 0.6) is 11.5 Å². The van der Waals surface area contributed by atoms with Gasteiger partial charge in [-0.2, -0.15) is 5.10 Å². The minimum Gasteiger partial charge on any atom is -0.493 e. The molecule has 1 aromatic heterocycles. The summed E-state index contributed by atoms with van der Waals surface area (Å²) in [6.45, 7) is 7.82. The molecule has 0 saturated carbocycles. The smallest absolute Gasteiger partial charge is 0.339 e. The normalized spacial score (nSPS) is 11.7. The van der Waals surface area contributed by atoms with Gasteiger partial charge in [0.1, 0.15) is 0 Å². The first kappa shape index (κ1) is 22.3. The number of hydrogen-bond donors (Lipinski definition) is 1. The summed E-state index contributed by atoms with van der Waals surface area (Å²) in [4.78, 5) is 24.9. The summed E-state index contributed by atoms with van der Waals surface area (Å²) >= 11 is 0. The topological polar surface area (TPSA) is 91.7 Å². The van der Waals surface area contributed by atoms with E-state index in [2.05, 4.69) is 17.3 Å². The van der Waals surface area contributed by atoms with Crippen molar-refractivity contribution in [3.05, 3.63) is 35.2 Å². The van der Waals surface area contributed by atoms with Gasteiger partial charge in [0.2, 0.25) is 0 Å². The quantitative estimate of drug-likeness (QED) is 0.510. The van der Waals surface area contributed by atoms with Gasteiger partial charge in [-0.15, -0.1) is 0 Å². The first-order chi connectivity index (χ1) is 13.8. The van der Waals surface area contributed by atoms with Crippen LogP contribution in [-0.4, -0.2) is 41.5 Å². The van der Waals surface area contributed by atoms with Crippen molar-refractivity contribution >= 4 is 17.6 Å². The number of hydrogen-bond acceptors (Lipinski definition) is 6. The standard InChI is InChI=1S/C21H29N3O5/c1-7-8-11-28-17-10-9-16(12-18(17)27-6)21(26)29-15(4)20(25)22-19-13(2)23-24(5)14(19)3/h9-10,12,15H,7-8,11H2,1-6H3,(H,22,25)/t15-/m1/s1. The summed E-state index contributed by atoms with van der Waals surface area (Å²) in [6, 6.07) is 4.80. The van der Waals surface area contributed by atoms with Gasteiger partial charge in [0.15, 0.2) is 17.6 Å². The highest BCUT2D eigenvalue weighted by Crippen LogP contribution is 2.29. The van der Waals surface area contributed by atoms with Crippen molar-refractivity contribution in [2.45, 2.75) is 46.6 Å². The van der Waals surface area contributed by atoms with Gasteiger partial charge in [-0.25, -0.2) is 4.79 Å². The fraction of sp³-hybridized carbons (Fsp3) is 0.476. The SMILES string of the molecule is CCCCOc1ccc(C(=O)O[C@H](C)C(=O)Nc2c(C)nn(C)c2C)cc1OC. The Hall–Kier alpha value is -3.03. The lowest BCUT2D eigenvalue weighted by atomic mass is 10.2. The average molecular weight is 403 g/mol. The van der Waals surface area contributed by atoms with E-state index in [9.17, 15) is 9.59 Å². The van der Waals surface area contributed by atoms with Crippen molar-refractivity contribution in [2.75, 3.05) is 19.0 Å². The number of aryl methyl sites for hydroxylation is 2. The fourth-order valence-corrected chi connectivity index (χ4v) is 2.70. The van der Waals surface area contributed by atoms with Gasteiger partial charge in [-0.3, -0.25) is 9.48 Å². The number of nitrogens with zero attached hydrogens (tertiary/aromatic N) is 2. The molecule has 0 saturated heterocycles. The van der Waals surface area contributed by atoms with Crippen LogP contribution < -0.4 is 14.8 Å². The highest BCUT2D eigenvalue weighted by Gasteiger charge is 2.22. The summed E-state index contributed by atoms with van der Waals surface area (Å²) in [5.74, 6) is -0.0465. The van der Waals surface area contributed by atoms with Gasteiger partial charge in [0.25, 0.3) is 5.91 Å². The molecule has 158 valence electrons. The van der Waals surface area contributed by atoms with Crippen LogP contribution in [0.3, 0.4) is 0 Å². The second-order valence-electron chi connectivity index (χ2n) is 6.77. The monoisotopic (exact) mass is 403 g/mol. The lowest BCUT2D eigenvalue weighted by molar-refractivity contribution is -0.123. The van der Waals surface area contributed by atoms with Crippen molar-refractivity contribution in [1.29, 1.82) is 0 Å². The highest BCUT2D eigenvalue weighted by atomic mass is 16.5. The van der Waals surface area contributed by atoms with Crippen LogP contribution in [-0.2, 0) is 16.6 Å². The van der Waals surface area contributed by atoms with Crippen LogP contribution in [0.4, 0.5) is 5.69 Å². The third kappa shape index (κ3) is 5.49. The zero-order valence-electron chi connectivity index (χ0n) is 17.9. The molecule has 0 fully saturated rings. The molecule has 29 heavy (non-hydrogen) atoms. The molecule has 1 atom stereocenters. The van der Waals surface area contributed by atoms with E-state index in [1.54, 1.807) is 36.9 Å². The first-order valence-electron chi connectivity index (χ1n) is 9.61. The third-order valence-corrected chi connectivity index (χ3v) is 4.57. The fourth-order valence-electron chi connectivity index (χ4n) is 2.70. The average Bonchev–Trinajstić information content (AvgIpc) is 2.94. The number of unbranched alkanes of at least 4 members (excludes halogenated alkanes) is 1. The maximum atomic E-state index is 12.5. The van der Waals surface area contributed by atoms with Gasteiger partial charge < -0.3 is 19.5 Å². The first-order valence-corrected chi connectivity index (χ1v) is 9.61. The Morgan fingerprint density at radius 2 is 1.97 bits per heavy atom. The molecule has 0 spiro atoms. The molecule has 2 aromatic rings. The Morgan fingerprint density at radius 3 is 2.55 bits per heavy atom. The van der Waals surface area contributed by atoms with Crippen LogP contribution >= 0.6 is 0 Å². The maximum Gasteiger partial charge on any atom is 0.339 e. The van der Waals surface area contributed by atoms with Crippen LogP contribution in [0.1, 0.15) is 48.4 Å². The summed E-state index contributed by atoms with van der Waals surface area (Å²) in [6.07, 6.45) is 0.966. The molecule has 8 nitrogen and oxygen atoms in total. The number of benzene rings is 1. The molecule has 8 heteroatoms. The van der Waals surface area contributed by atoms with E-state index < -0.39 is 18.0 Å². The second-order valence-corrected chi connectivity index (χ2v) is 6.77. The number of aromatic nitrogens is 2. The molecular formula is C21H29N3O5. The Bertz CT molecular complexity index is 875. The number of carbonyl (C=O) groups is 2. The molecule has 0 aliphatic carbocycles. The molecule has 0 aliphatic heterocycles. The number of methoxy groups -OCH3 is 1. The Labute approximate surface area is 171 Å². The number of ether oxygens (including phenoxy) is 3. The maximum absolute atomic E-state index is 12.5. The van der Waals surface area contributed by atoms with Gasteiger partial charge in [-0.1, -0.05) is 13.3 Å². The second kappa shape index (κ2) is 9.95. The molecule has 0 aliphatic rings. The molecule has 1 N–H and O–H groups in total. The number of amides is 1. The molecule has 0 radical (unpaired) electrons. The van der Waals surface area contributed by atoms with Crippen molar-refractivity contribution in [3.8, 4) is 11.5 Å². The van der Waals surface area contributed by atoms with E-state index in [0.717, 1.165) is 18.5 Å². The molecule has 1 aromatic carbocycles. The predicted octanol–water partition coefficient (Wildman–Crippen LogP) is 3.41. The van der Waals surface area contributed by atoms with Crippen LogP contribution in [0, 0.1) is 13.8 Å². The summed E-state index contributed by atoms with van der Waals surface area (Å²) < 4.78 is 18.0. The van der Waals surface area contributed by atoms with Crippen LogP contribution in [0.2, 0.25) is 0 Å². The van der Waals surface area contributed by atoms with Gasteiger partial charge in [-0.05, 0) is 45.4 Å². The van der Waals surface area contributed by atoms with Gasteiger partial charge >= 0.3 is 5.97 Å². The van der Waals surface area contributed by atoms with Crippen molar-refractivity contribution in [3.63, 3.8) is 0 Å². The molecule has 0 bridgehead atoms. The number of rotatable bonds is 9. The zero-order chi connectivity index (χ0) is 21.6. The summed E-state index contributed by atoms with van der Waals surface area (Å²) in [5, 5.41) is 7.03. The molecule has 2 rings (SSSR count). The number of esters is 1. The van der Waals surface area contributed by atoms with Crippen molar-refractivity contribution in [2.24, 2.45) is 7.05 Å². The van der Waals surface area contributed by atoms with E-state index in [1.165, 1.54) is 14.0 Å². The van der Waals surface area contributed by atoms with Crippen molar-refractivity contribution < 1.29 is 23.8 Å². The van der Waals surface area contributed by atoms with E-state index >= 15 is 0 Å². The van der Waals surface area contributed by atoms with Gasteiger partial charge in [0, 0.05) is 7.05 Å². The minimum absolute atomic E-state index is 0.276. The number of anilines is 1. The molecular weight excluding hydrogens is 374 g/mol. The van der Waals surface area contributed by atoms with Gasteiger partial charge in [0.05, 0.1) is 36.4 Å². The van der Waals surface area contributed by atoms with Crippen molar-refractivity contribution in [1.82, 2.24) is 9.78 Å². The highest BCUT2D eigenvalue weighted by molar-refractivity contribution is 5.98. The third-order valence-electron chi connectivity index (χ3n) is 4.57. The summed E-state index contributed by atoms with van der Waals surface area (Å²) in [5.41, 5.74) is 2.41. The Morgan fingerprint density at radius 1 is 1.24 bits per heavy atom. The lowest BCUT2D eigenvalue weighted by Gasteiger charge is -2.15.